The van der Waals surface area contributed by atoms with E-state index in [1.165, 1.54) is 0 Å². The van der Waals surface area contributed by atoms with Gasteiger partial charge in [0.05, 0.1) is 5.56 Å². The van der Waals surface area contributed by atoms with Crippen LogP contribution < -0.4 is 0 Å². The summed E-state index contributed by atoms with van der Waals surface area (Å²) in [6.07, 6.45) is 1.01. The predicted molar refractivity (Wildman–Crippen MR) is 50.8 cm³/mol. The van der Waals surface area contributed by atoms with Gasteiger partial charge in [-0.3, -0.25) is 4.79 Å². The number of carbonyl (C=O) groups excluding carboxylic acids is 1. The number of rotatable bonds is 1. The van der Waals surface area contributed by atoms with Crippen molar-refractivity contribution in [2.24, 2.45) is 0 Å². The van der Waals surface area contributed by atoms with Crippen molar-refractivity contribution in [3.8, 4) is 0 Å². The second-order valence-corrected chi connectivity index (χ2v) is 3.57. The largest absolute Gasteiger partial charge is 0.478 e. The summed E-state index contributed by atoms with van der Waals surface area (Å²) < 4.78 is 0. The standard InChI is InChI=1S/C11H10O3/c1-6-4-8-7(2-3-10(8)12)9(5-6)11(13)14/h4-5H,2-3H2,1H3,(H,13,14). The Morgan fingerprint density at radius 3 is 2.71 bits per heavy atom. The van der Waals surface area contributed by atoms with Crippen molar-refractivity contribution in [2.45, 2.75) is 19.8 Å². The van der Waals surface area contributed by atoms with E-state index in [0.29, 0.717) is 24.0 Å². The van der Waals surface area contributed by atoms with Crippen molar-refractivity contribution in [1.82, 2.24) is 0 Å². The molecule has 1 aromatic carbocycles. The summed E-state index contributed by atoms with van der Waals surface area (Å²) in [6, 6.07) is 3.40. The topological polar surface area (TPSA) is 54.4 Å². The number of Topliss-reactive ketones (excluding diaryl/α,β-unsaturated/α-hetero) is 1. The number of aryl methyl sites for hydroxylation is 1. The molecule has 0 fully saturated rings. The zero-order chi connectivity index (χ0) is 10.3. The summed E-state index contributed by atoms with van der Waals surface area (Å²) in [5, 5.41) is 8.95. The van der Waals surface area contributed by atoms with Crippen molar-refractivity contribution in [3.05, 3.63) is 34.4 Å². The highest BCUT2D eigenvalue weighted by molar-refractivity contribution is 6.04. The van der Waals surface area contributed by atoms with Gasteiger partial charge in [-0.25, -0.2) is 4.79 Å². The van der Waals surface area contributed by atoms with Gasteiger partial charge in [0.2, 0.25) is 0 Å². The first-order chi connectivity index (χ1) is 6.59. The van der Waals surface area contributed by atoms with Gasteiger partial charge < -0.3 is 5.11 Å². The van der Waals surface area contributed by atoms with Crippen molar-refractivity contribution in [2.75, 3.05) is 0 Å². The number of benzene rings is 1. The smallest absolute Gasteiger partial charge is 0.335 e. The van der Waals surface area contributed by atoms with E-state index in [9.17, 15) is 9.59 Å². The van der Waals surface area contributed by atoms with E-state index in [4.69, 9.17) is 5.11 Å². The van der Waals surface area contributed by atoms with Crippen molar-refractivity contribution < 1.29 is 14.7 Å². The van der Waals surface area contributed by atoms with Crippen LogP contribution in [0.4, 0.5) is 0 Å². The number of carboxylic acid groups (broad SMARTS) is 1. The number of ketones is 1. The molecule has 0 saturated heterocycles. The van der Waals surface area contributed by atoms with E-state index in [2.05, 4.69) is 0 Å². The quantitative estimate of drug-likeness (QED) is 0.734. The summed E-state index contributed by atoms with van der Waals surface area (Å²) in [5.74, 6) is -0.883. The fourth-order valence-electron chi connectivity index (χ4n) is 1.90. The fraction of sp³-hybridized carbons (Fsp3) is 0.273. The Morgan fingerprint density at radius 1 is 1.36 bits per heavy atom. The maximum absolute atomic E-state index is 11.4. The second-order valence-electron chi connectivity index (χ2n) is 3.57. The molecule has 0 aliphatic heterocycles. The van der Waals surface area contributed by atoms with Crippen molar-refractivity contribution in [1.29, 1.82) is 0 Å². The molecule has 0 radical (unpaired) electrons. The number of aromatic carboxylic acids is 1. The third-order valence-corrected chi connectivity index (χ3v) is 2.53. The van der Waals surface area contributed by atoms with Gasteiger partial charge in [-0.2, -0.15) is 0 Å². The van der Waals surface area contributed by atoms with Gasteiger partial charge in [-0.05, 0) is 36.6 Å². The van der Waals surface area contributed by atoms with Gasteiger partial charge in [0, 0.05) is 12.0 Å². The van der Waals surface area contributed by atoms with Gasteiger partial charge >= 0.3 is 5.97 Å². The molecule has 3 nitrogen and oxygen atoms in total. The number of hydrogen-bond donors (Lipinski definition) is 1. The minimum absolute atomic E-state index is 0.0613. The molecule has 1 aliphatic carbocycles. The number of carbonyl (C=O) groups is 2. The molecule has 0 bridgehead atoms. The van der Waals surface area contributed by atoms with Gasteiger partial charge in [0.15, 0.2) is 5.78 Å². The molecule has 14 heavy (non-hydrogen) atoms. The number of hydrogen-bond acceptors (Lipinski definition) is 2. The lowest BCUT2D eigenvalue weighted by molar-refractivity contribution is 0.0695. The van der Waals surface area contributed by atoms with E-state index >= 15 is 0 Å². The van der Waals surface area contributed by atoms with Crippen LogP contribution in [0.5, 0.6) is 0 Å². The van der Waals surface area contributed by atoms with Crippen LogP contribution in [0.2, 0.25) is 0 Å². The molecule has 2 rings (SSSR count). The first-order valence-electron chi connectivity index (χ1n) is 4.49. The molecule has 0 unspecified atom stereocenters. The van der Waals surface area contributed by atoms with Gasteiger partial charge in [-0.15, -0.1) is 0 Å². The molecule has 1 aliphatic rings. The third kappa shape index (κ3) is 1.21. The lowest BCUT2D eigenvalue weighted by atomic mass is 10.00. The zero-order valence-electron chi connectivity index (χ0n) is 7.83. The maximum Gasteiger partial charge on any atom is 0.335 e. The normalized spacial score (nSPS) is 14.2. The summed E-state index contributed by atoms with van der Waals surface area (Å²) in [5.41, 5.74) is 2.41. The van der Waals surface area contributed by atoms with Crippen LogP contribution in [0.25, 0.3) is 0 Å². The van der Waals surface area contributed by atoms with Crippen LogP contribution in [-0.2, 0) is 6.42 Å². The number of fused-ring (bicyclic) bond motifs is 1. The molecular formula is C11H10O3. The summed E-state index contributed by atoms with van der Waals surface area (Å²) in [4.78, 5) is 22.3. The molecule has 0 spiro atoms. The molecule has 72 valence electrons. The first kappa shape index (κ1) is 8.94. The summed E-state index contributed by atoms with van der Waals surface area (Å²) >= 11 is 0. The predicted octanol–water partition coefficient (Wildman–Crippen LogP) is 1.82. The molecule has 1 aromatic rings. The van der Waals surface area contributed by atoms with E-state index in [1.807, 2.05) is 0 Å². The Labute approximate surface area is 81.4 Å². The molecular weight excluding hydrogens is 180 g/mol. The van der Waals surface area contributed by atoms with Crippen LogP contribution in [0.3, 0.4) is 0 Å². The molecule has 0 aromatic heterocycles. The minimum atomic E-state index is -0.945. The Morgan fingerprint density at radius 2 is 2.07 bits per heavy atom. The second kappa shape index (κ2) is 2.94. The van der Waals surface area contributed by atoms with Crippen molar-refractivity contribution >= 4 is 11.8 Å². The van der Waals surface area contributed by atoms with Crippen LogP contribution in [0.15, 0.2) is 12.1 Å². The van der Waals surface area contributed by atoms with Crippen LogP contribution in [0.1, 0.15) is 38.3 Å². The van der Waals surface area contributed by atoms with Crippen molar-refractivity contribution in [3.63, 3.8) is 0 Å². The Bertz CT molecular complexity index is 432. The summed E-state index contributed by atoms with van der Waals surface area (Å²) in [6.45, 7) is 1.80. The van der Waals surface area contributed by atoms with Crippen LogP contribution in [0, 0.1) is 6.92 Å². The highest BCUT2D eigenvalue weighted by atomic mass is 16.4. The SMILES string of the molecule is Cc1cc(C(=O)O)c2c(c1)C(=O)CC2. The average molecular weight is 190 g/mol. The van der Waals surface area contributed by atoms with E-state index in [-0.39, 0.29) is 11.3 Å². The maximum atomic E-state index is 11.4. The third-order valence-electron chi connectivity index (χ3n) is 2.53. The molecule has 0 amide bonds. The lowest BCUT2D eigenvalue weighted by Crippen LogP contribution is -2.03. The summed E-state index contributed by atoms with van der Waals surface area (Å²) in [7, 11) is 0. The monoisotopic (exact) mass is 190 g/mol. The van der Waals surface area contributed by atoms with E-state index in [1.54, 1.807) is 19.1 Å². The Balaban J connectivity index is 2.69. The molecule has 0 saturated carbocycles. The first-order valence-corrected chi connectivity index (χ1v) is 4.49. The average Bonchev–Trinajstić information content (AvgIpc) is 2.47. The van der Waals surface area contributed by atoms with Crippen LogP contribution in [-0.4, -0.2) is 16.9 Å². The zero-order valence-corrected chi connectivity index (χ0v) is 7.83. The molecule has 1 N–H and O–H groups in total. The van der Waals surface area contributed by atoms with E-state index < -0.39 is 5.97 Å². The Hall–Kier alpha value is -1.64. The Kier molecular flexibility index (Phi) is 1.88. The molecule has 0 atom stereocenters. The highest BCUT2D eigenvalue weighted by Crippen LogP contribution is 2.26. The number of carboxylic acids is 1. The van der Waals surface area contributed by atoms with Crippen LogP contribution >= 0.6 is 0 Å². The molecule has 0 heterocycles. The fourth-order valence-corrected chi connectivity index (χ4v) is 1.90. The molecule has 3 heteroatoms. The highest BCUT2D eigenvalue weighted by Gasteiger charge is 2.24. The van der Waals surface area contributed by atoms with Gasteiger partial charge in [0.25, 0.3) is 0 Å². The van der Waals surface area contributed by atoms with E-state index in [0.717, 1.165) is 5.56 Å². The lowest BCUT2D eigenvalue weighted by Gasteiger charge is -2.04. The van der Waals surface area contributed by atoms with Gasteiger partial charge in [-0.1, -0.05) is 0 Å². The minimum Gasteiger partial charge on any atom is -0.478 e. The van der Waals surface area contributed by atoms with Gasteiger partial charge in [0.1, 0.15) is 0 Å².